The van der Waals surface area contributed by atoms with Crippen molar-refractivity contribution in [2.75, 3.05) is 18.5 Å². The van der Waals surface area contributed by atoms with E-state index in [0.29, 0.717) is 26.9 Å². The maximum absolute atomic E-state index is 12.7. The molecule has 0 heterocycles. The van der Waals surface area contributed by atoms with E-state index in [1.807, 2.05) is 0 Å². The van der Waals surface area contributed by atoms with Crippen LogP contribution in [0.5, 0.6) is 0 Å². The van der Waals surface area contributed by atoms with Crippen molar-refractivity contribution in [3.8, 4) is 0 Å². The molecule has 6 heteroatoms. The minimum absolute atomic E-state index is 0.112. The molecule has 0 aliphatic carbocycles. The summed E-state index contributed by atoms with van der Waals surface area (Å²) in [6.07, 6.45) is -0.918. The number of anilines is 1. The number of aliphatic hydroxyl groups excluding tert-OH is 2. The Morgan fingerprint density at radius 3 is 2.55 bits per heavy atom. The van der Waals surface area contributed by atoms with E-state index in [-0.39, 0.29) is 18.9 Å². The van der Waals surface area contributed by atoms with Gasteiger partial charge in [0.15, 0.2) is 5.78 Å². The summed E-state index contributed by atoms with van der Waals surface area (Å²) in [5.74, 6) is -0.269. The van der Waals surface area contributed by atoms with Crippen LogP contribution in [0.25, 0.3) is 0 Å². The van der Waals surface area contributed by atoms with Crippen LogP contribution in [0, 0.1) is 0 Å². The first-order chi connectivity index (χ1) is 10.5. The summed E-state index contributed by atoms with van der Waals surface area (Å²) in [6.45, 7) is -0.255. The zero-order valence-electron chi connectivity index (χ0n) is 11.6. The van der Waals surface area contributed by atoms with Crippen molar-refractivity contribution < 1.29 is 15.0 Å². The number of hydrogen-bond donors (Lipinski definition) is 3. The van der Waals surface area contributed by atoms with Gasteiger partial charge in [0, 0.05) is 28.4 Å². The van der Waals surface area contributed by atoms with Crippen LogP contribution < -0.4 is 5.32 Å². The van der Waals surface area contributed by atoms with Crippen LogP contribution in [-0.2, 0) is 0 Å². The molecular formula is C16H15Cl2NO3. The largest absolute Gasteiger partial charge is 0.394 e. The SMILES string of the molecule is O=C(c1ccccc1Cl)c1cc(Cl)ccc1NCC(O)CO. The molecule has 0 aliphatic heterocycles. The summed E-state index contributed by atoms with van der Waals surface area (Å²) < 4.78 is 0. The molecule has 0 radical (unpaired) electrons. The van der Waals surface area contributed by atoms with E-state index < -0.39 is 6.10 Å². The average molecular weight is 340 g/mol. The number of halogens is 2. The van der Waals surface area contributed by atoms with Crippen molar-refractivity contribution in [3.05, 3.63) is 63.6 Å². The number of rotatable bonds is 6. The molecule has 0 saturated heterocycles. The lowest BCUT2D eigenvalue weighted by molar-refractivity contribution is 0.103. The van der Waals surface area contributed by atoms with E-state index in [9.17, 15) is 9.90 Å². The lowest BCUT2D eigenvalue weighted by Gasteiger charge is -2.14. The molecular weight excluding hydrogens is 325 g/mol. The van der Waals surface area contributed by atoms with Gasteiger partial charge >= 0.3 is 0 Å². The third kappa shape index (κ3) is 3.99. The van der Waals surface area contributed by atoms with Gasteiger partial charge in [-0.2, -0.15) is 0 Å². The van der Waals surface area contributed by atoms with Gasteiger partial charge in [-0.05, 0) is 30.3 Å². The van der Waals surface area contributed by atoms with E-state index in [0.717, 1.165) is 0 Å². The Kier molecular flexibility index (Phi) is 5.80. The fourth-order valence-corrected chi connectivity index (χ4v) is 2.33. The lowest BCUT2D eigenvalue weighted by atomic mass is 10.0. The van der Waals surface area contributed by atoms with Crippen molar-refractivity contribution in [2.45, 2.75) is 6.10 Å². The van der Waals surface area contributed by atoms with Gasteiger partial charge in [-0.1, -0.05) is 35.3 Å². The quantitative estimate of drug-likeness (QED) is 0.707. The summed E-state index contributed by atoms with van der Waals surface area (Å²) in [6, 6.07) is 11.6. The van der Waals surface area contributed by atoms with E-state index in [1.54, 1.807) is 42.5 Å². The molecule has 0 bridgehead atoms. The van der Waals surface area contributed by atoms with Crippen molar-refractivity contribution in [1.29, 1.82) is 0 Å². The van der Waals surface area contributed by atoms with Crippen LogP contribution in [0.2, 0.25) is 10.0 Å². The maximum atomic E-state index is 12.7. The van der Waals surface area contributed by atoms with Crippen molar-refractivity contribution in [3.63, 3.8) is 0 Å². The zero-order valence-corrected chi connectivity index (χ0v) is 13.1. The van der Waals surface area contributed by atoms with E-state index in [1.165, 1.54) is 0 Å². The molecule has 0 aromatic heterocycles. The van der Waals surface area contributed by atoms with Gasteiger partial charge in [-0.25, -0.2) is 0 Å². The highest BCUT2D eigenvalue weighted by molar-refractivity contribution is 6.35. The van der Waals surface area contributed by atoms with E-state index in [2.05, 4.69) is 5.32 Å². The molecule has 0 saturated carbocycles. The van der Waals surface area contributed by atoms with Gasteiger partial charge in [0.1, 0.15) is 0 Å². The van der Waals surface area contributed by atoms with Crippen LogP contribution in [0.1, 0.15) is 15.9 Å². The lowest BCUT2D eigenvalue weighted by Crippen LogP contribution is -2.23. The van der Waals surface area contributed by atoms with E-state index >= 15 is 0 Å². The summed E-state index contributed by atoms with van der Waals surface area (Å²) in [5.41, 5.74) is 1.24. The van der Waals surface area contributed by atoms with Gasteiger partial charge in [0.25, 0.3) is 0 Å². The highest BCUT2D eigenvalue weighted by Gasteiger charge is 2.17. The number of aliphatic hydroxyl groups is 2. The number of nitrogens with one attached hydrogen (secondary N) is 1. The number of ketones is 1. The van der Waals surface area contributed by atoms with Gasteiger partial charge in [0.2, 0.25) is 0 Å². The van der Waals surface area contributed by atoms with Crippen LogP contribution >= 0.6 is 23.2 Å². The molecule has 1 unspecified atom stereocenters. The number of hydrogen-bond acceptors (Lipinski definition) is 4. The number of carbonyl (C=O) groups is 1. The monoisotopic (exact) mass is 339 g/mol. The Morgan fingerprint density at radius 2 is 1.86 bits per heavy atom. The maximum Gasteiger partial charge on any atom is 0.196 e. The Balaban J connectivity index is 2.35. The minimum atomic E-state index is -0.918. The highest BCUT2D eigenvalue weighted by Crippen LogP contribution is 2.26. The summed E-state index contributed by atoms with van der Waals surface area (Å²) in [7, 11) is 0. The van der Waals surface area contributed by atoms with Gasteiger partial charge in [-0.3, -0.25) is 4.79 Å². The van der Waals surface area contributed by atoms with Crippen LogP contribution in [-0.4, -0.2) is 35.3 Å². The highest BCUT2D eigenvalue weighted by atomic mass is 35.5. The molecule has 4 nitrogen and oxygen atoms in total. The number of benzene rings is 2. The van der Waals surface area contributed by atoms with E-state index in [4.69, 9.17) is 28.3 Å². The van der Waals surface area contributed by atoms with Crippen LogP contribution in [0.15, 0.2) is 42.5 Å². The molecule has 2 rings (SSSR count). The predicted molar refractivity (Wildman–Crippen MR) is 87.9 cm³/mol. The molecule has 0 aliphatic rings. The average Bonchev–Trinajstić information content (AvgIpc) is 2.53. The second-order valence-corrected chi connectivity index (χ2v) is 5.56. The molecule has 116 valence electrons. The third-order valence-corrected chi connectivity index (χ3v) is 3.65. The summed E-state index contributed by atoms with van der Waals surface area (Å²) >= 11 is 12.0. The molecule has 2 aromatic carbocycles. The zero-order chi connectivity index (χ0) is 16.1. The van der Waals surface area contributed by atoms with Gasteiger partial charge in [0.05, 0.1) is 17.7 Å². The van der Waals surface area contributed by atoms with Crippen LogP contribution in [0.3, 0.4) is 0 Å². The minimum Gasteiger partial charge on any atom is -0.394 e. The Labute approximate surface area is 138 Å². The fraction of sp³-hybridized carbons (Fsp3) is 0.188. The summed E-state index contributed by atoms with van der Waals surface area (Å²) in [4.78, 5) is 12.7. The van der Waals surface area contributed by atoms with Crippen LogP contribution in [0.4, 0.5) is 5.69 Å². The first-order valence-corrected chi connectivity index (χ1v) is 7.40. The molecule has 0 fully saturated rings. The second kappa shape index (κ2) is 7.61. The van der Waals surface area contributed by atoms with Gasteiger partial charge in [-0.15, -0.1) is 0 Å². The molecule has 2 aromatic rings. The predicted octanol–water partition coefficient (Wildman–Crippen LogP) is 2.99. The smallest absolute Gasteiger partial charge is 0.196 e. The van der Waals surface area contributed by atoms with Crippen molar-refractivity contribution >= 4 is 34.7 Å². The molecule has 0 spiro atoms. The van der Waals surface area contributed by atoms with Gasteiger partial charge < -0.3 is 15.5 Å². The first kappa shape index (κ1) is 16.8. The summed E-state index contributed by atoms with van der Waals surface area (Å²) in [5, 5.41) is 22.0. The Morgan fingerprint density at radius 1 is 1.14 bits per heavy atom. The normalized spacial score (nSPS) is 12.0. The van der Waals surface area contributed by atoms with Crippen molar-refractivity contribution in [2.24, 2.45) is 0 Å². The Bertz CT molecular complexity index is 676. The van der Waals surface area contributed by atoms with Crippen molar-refractivity contribution in [1.82, 2.24) is 0 Å². The molecule has 0 amide bonds. The fourth-order valence-electron chi connectivity index (χ4n) is 1.94. The topological polar surface area (TPSA) is 69.6 Å². The standard InChI is InChI=1S/C16H15Cl2NO3/c17-10-5-6-15(19-8-11(21)9-20)13(7-10)16(22)12-3-1-2-4-14(12)18/h1-7,11,19-21H,8-9H2. The second-order valence-electron chi connectivity index (χ2n) is 4.72. The Hall–Kier alpha value is -1.59. The third-order valence-electron chi connectivity index (χ3n) is 3.08. The molecule has 1 atom stereocenters. The number of carbonyl (C=O) groups excluding carboxylic acids is 1. The molecule has 3 N–H and O–H groups in total. The molecule has 22 heavy (non-hydrogen) atoms. The first-order valence-electron chi connectivity index (χ1n) is 6.64.